The molecule has 0 aromatic rings. The van der Waals surface area contributed by atoms with E-state index < -0.39 is 11.5 Å². The Morgan fingerprint density at radius 2 is 1.70 bits per heavy atom. The summed E-state index contributed by atoms with van der Waals surface area (Å²) in [6.45, 7) is 0.915. The van der Waals surface area contributed by atoms with Crippen LogP contribution < -0.4 is 5.73 Å². The molecule has 1 aliphatic rings. The van der Waals surface area contributed by atoms with Crippen molar-refractivity contribution in [2.24, 2.45) is 5.73 Å². The highest BCUT2D eigenvalue weighted by Crippen LogP contribution is 2.39. The molecular formula is C7H13F2N. The molecule has 1 saturated carbocycles. The van der Waals surface area contributed by atoms with E-state index in [1.54, 1.807) is 0 Å². The molecule has 0 atom stereocenters. The molecule has 1 rings (SSSR count). The third kappa shape index (κ3) is 1.15. The van der Waals surface area contributed by atoms with Crippen LogP contribution in [0.2, 0.25) is 0 Å². The SMILES string of the molecule is CC(F)(F)C1(N)CCCC1. The second-order valence-corrected chi connectivity index (χ2v) is 3.25. The van der Waals surface area contributed by atoms with Crippen LogP contribution in [0.1, 0.15) is 32.6 Å². The predicted molar refractivity (Wildman–Crippen MR) is 36.0 cm³/mol. The Morgan fingerprint density at radius 3 is 1.90 bits per heavy atom. The quantitative estimate of drug-likeness (QED) is 0.605. The fraction of sp³-hybridized carbons (Fsp3) is 1.00. The Labute approximate surface area is 59.6 Å². The van der Waals surface area contributed by atoms with Crippen LogP contribution in [-0.2, 0) is 0 Å². The van der Waals surface area contributed by atoms with Gasteiger partial charge >= 0.3 is 0 Å². The van der Waals surface area contributed by atoms with Crippen LogP contribution >= 0.6 is 0 Å². The summed E-state index contributed by atoms with van der Waals surface area (Å²) < 4.78 is 25.4. The van der Waals surface area contributed by atoms with Gasteiger partial charge < -0.3 is 5.73 Å². The molecule has 0 aliphatic heterocycles. The Bertz CT molecular complexity index is 122. The van der Waals surface area contributed by atoms with Gasteiger partial charge in [-0.15, -0.1) is 0 Å². The summed E-state index contributed by atoms with van der Waals surface area (Å²) in [6, 6.07) is 0. The van der Waals surface area contributed by atoms with Gasteiger partial charge in [0.05, 0.1) is 5.54 Å². The van der Waals surface area contributed by atoms with Gasteiger partial charge in [0.1, 0.15) is 0 Å². The van der Waals surface area contributed by atoms with Crippen LogP contribution in [0, 0.1) is 0 Å². The molecule has 0 amide bonds. The zero-order chi connectivity index (χ0) is 7.83. The Balaban J connectivity index is 2.67. The van der Waals surface area contributed by atoms with Crippen molar-refractivity contribution in [3.05, 3.63) is 0 Å². The van der Waals surface area contributed by atoms with Crippen molar-refractivity contribution in [1.29, 1.82) is 0 Å². The molecule has 0 aromatic carbocycles. The summed E-state index contributed by atoms with van der Waals surface area (Å²) in [4.78, 5) is 0. The summed E-state index contributed by atoms with van der Waals surface area (Å²) in [7, 11) is 0. The van der Waals surface area contributed by atoms with Crippen LogP contribution in [0.4, 0.5) is 8.78 Å². The lowest BCUT2D eigenvalue weighted by atomic mass is 9.92. The van der Waals surface area contributed by atoms with Crippen LogP contribution in [0.5, 0.6) is 0 Å². The van der Waals surface area contributed by atoms with Crippen molar-refractivity contribution in [3.63, 3.8) is 0 Å². The number of hydrogen-bond acceptors (Lipinski definition) is 1. The summed E-state index contributed by atoms with van der Waals surface area (Å²) in [6.07, 6.45) is 2.63. The van der Waals surface area contributed by atoms with Crippen molar-refractivity contribution >= 4 is 0 Å². The molecule has 0 bridgehead atoms. The summed E-state index contributed by atoms with van der Waals surface area (Å²) in [5, 5.41) is 0. The fourth-order valence-corrected chi connectivity index (χ4v) is 1.44. The third-order valence-electron chi connectivity index (χ3n) is 2.37. The van der Waals surface area contributed by atoms with Gasteiger partial charge in [-0.2, -0.15) is 0 Å². The maximum absolute atomic E-state index is 12.7. The first-order valence-electron chi connectivity index (χ1n) is 3.62. The number of halogens is 2. The highest BCUT2D eigenvalue weighted by Gasteiger charge is 2.48. The van der Waals surface area contributed by atoms with Gasteiger partial charge in [0, 0.05) is 6.92 Å². The zero-order valence-corrected chi connectivity index (χ0v) is 6.16. The summed E-state index contributed by atoms with van der Waals surface area (Å²) >= 11 is 0. The molecule has 60 valence electrons. The standard InChI is InChI=1S/C7H13F2N/c1-6(8,9)7(10)4-2-3-5-7/h2-5,10H2,1H3. The second-order valence-electron chi connectivity index (χ2n) is 3.25. The fourth-order valence-electron chi connectivity index (χ4n) is 1.44. The molecule has 2 N–H and O–H groups in total. The van der Waals surface area contributed by atoms with E-state index in [-0.39, 0.29) is 0 Å². The molecule has 0 unspecified atom stereocenters. The third-order valence-corrected chi connectivity index (χ3v) is 2.37. The second kappa shape index (κ2) is 2.16. The Morgan fingerprint density at radius 1 is 1.30 bits per heavy atom. The topological polar surface area (TPSA) is 26.0 Å². The first-order valence-corrected chi connectivity index (χ1v) is 3.62. The average Bonchev–Trinajstić information content (AvgIpc) is 2.13. The van der Waals surface area contributed by atoms with Crippen LogP contribution in [0.3, 0.4) is 0 Å². The zero-order valence-electron chi connectivity index (χ0n) is 6.16. The molecule has 0 aromatic heterocycles. The van der Waals surface area contributed by atoms with E-state index in [1.807, 2.05) is 0 Å². The lowest BCUT2D eigenvalue weighted by Gasteiger charge is -2.30. The molecule has 0 saturated heterocycles. The van der Waals surface area contributed by atoms with E-state index in [0.29, 0.717) is 12.8 Å². The number of rotatable bonds is 1. The largest absolute Gasteiger partial charge is 0.320 e. The monoisotopic (exact) mass is 149 g/mol. The van der Waals surface area contributed by atoms with Gasteiger partial charge in [-0.25, -0.2) is 8.78 Å². The first-order chi connectivity index (χ1) is 4.46. The average molecular weight is 149 g/mol. The first kappa shape index (κ1) is 7.92. The molecule has 0 radical (unpaired) electrons. The van der Waals surface area contributed by atoms with Gasteiger partial charge in [0.25, 0.3) is 5.92 Å². The van der Waals surface area contributed by atoms with Gasteiger partial charge in [0.2, 0.25) is 0 Å². The molecule has 1 fully saturated rings. The molecular weight excluding hydrogens is 136 g/mol. The highest BCUT2D eigenvalue weighted by atomic mass is 19.3. The van der Waals surface area contributed by atoms with E-state index in [1.165, 1.54) is 0 Å². The van der Waals surface area contributed by atoms with Crippen molar-refractivity contribution in [2.75, 3.05) is 0 Å². The van der Waals surface area contributed by atoms with E-state index in [0.717, 1.165) is 19.8 Å². The predicted octanol–water partition coefficient (Wildman–Crippen LogP) is 1.91. The van der Waals surface area contributed by atoms with Crippen molar-refractivity contribution in [3.8, 4) is 0 Å². The number of hydrogen-bond donors (Lipinski definition) is 1. The minimum Gasteiger partial charge on any atom is -0.320 e. The number of alkyl halides is 2. The van der Waals surface area contributed by atoms with Crippen LogP contribution in [0.15, 0.2) is 0 Å². The lowest BCUT2D eigenvalue weighted by Crippen LogP contribution is -2.51. The Hall–Kier alpha value is -0.180. The normalized spacial score (nSPS) is 25.2. The minimum atomic E-state index is -2.70. The lowest BCUT2D eigenvalue weighted by molar-refractivity contribution is -0.0543. The van der Waals surface area contributed by atoms with Crippen molar-refractivity contribution in [2.45, 2.75) is 44.1 Å². The van der Waals surface area contributed by atoms with E-state index in [2.05, 4.69) is 0 Å². The van der Waals surface area contributed by atoms with Gasteiger partial charge in [-0.1, -0.05) is 12.8 Å². The van der Waals surface area contributed by atoms with Gasteiger partial charge in [-0.05, 0) is 12.8 Å². The highest BCUT2D eigenvalue weighted by molar-refractivity contribution is 4.98. The van der Waals surface area contributed by atoms with E-state index >= 15 is 0 Å². The summed E-state index contributed by atoms with van der Waals surface area (Å²) in [5.41, 5.74) is 4.28. The van der Waals surface area contributed by atoms with Gasteiger partial charge in [-0.3, -0.25) is 0 Å². The molecule has 0 heterocycles. The van der Waals surface area contributed by atoms with Crippen molar-refractivity contribution < 1.29 is 8.78 Å². The van der Waals surface area contributed by atoms with Crippen molar-refractivity contribution in [1.82, 2.24) is 0 Å². The molecule has 0 spiro atoms. The van der Waals surface area contributed by atoms with E-state index in [9.17, 15) is 8.78 Å². The van der Waals surface area contributed by atoms with Crippen LogP contribution in [0.25, 0.3) is 0 Å². The number of nitrogens with two attached hydrogens (primary N) is 1. The summed E-state index contributed by atoms with van der Waals surface area (Å²) in [5.74, 6) is -2.70. The molecule has 1 nitrogen and oxygen atoms in total. The maximum Gasteiger partial charge on any atom is 0.262 e. The molecule has 3 heteroatoms. The molecule has 10 heavy (non-hydrogen) atoms. The van der Waals surface area contributed by atoms with E-state index in [4.69, 9.17) is 5.73 Å². The Kier molecular flexibility index (Phi) is 1.71. The molecule has 1 aliphatic carbocycles. The minimum absolute atomic E-state index is 0.469. The maximum atomic E-state index is 12.7. The van der Waals surface area contributed by atoms with Gasteiger partial charge in [0.15, 0.2) is 0 Å². The smallest absolute Gasteiger partial charge is 0.262 e. The van der Waals surface area contributed by atoms with Crippen LogP contribution in [-0.4, -0.2) is 11.5 Å².